The zero-order valence-corrected chi connectivity index (χ0v) is 21.2. The van der Waals surface area contributed by atoms with E-state index in [1.54, 1.807) is 7.05 Å². The minimum atomic E-state index is -0.604. The van der Waals surface area contributed by atoms with Crippen LogP contribution in [-0.2, 0) is 32.6 Å². The Labute approximate surface area is 214 Å². The second-order valence-corrected chi connectivity index (χ2v) is 10.2. The molecule has 3 N–H and O–H groups in total. The molecule has 1 aliphatic heterocycles. The first-order chi connectivity index (χ1) is 17.4. The van der Waals surface area contributed by atoms with E-state index in [2.05, 4.69) is 41.7 Å². The molecule has 192 valence electrons. The van der Waals surface area contributed by atoms with Crippen LogP contribution in [-0.4, -0.2) is 66.8 Å². The van der Waals surface area contributed by atoms with Gasteiger partial charge in [-0.1, -0.05) is 54.6 Å². The van der Waals surface area contributed by atoms with Crippen molar-refractivity contribution in [3.8, 4) is 0 Å². The summed E-state index contributed by atoms with van der Waals surface area (Å²) in [5.41, 5.74) is 9.69. The molecule has 0 aromatic heterocycles. The summed E-state index contributed by atoms with van der Waals surface area (Å²) in [6.45, 7) is 1.13. The van der Waals surface area contributed by atoms with E-state index >= 15 is 0 Å². The van der Waals surface area contributed by atoms with E-state index in [1.165, 1.54) is 21.6 Å². The Morgan fingerprint density at radius 2 is 1.72 bits per heavy atom. The van der Waals surface area contributed by atoms with Gasteiger partial charge in [-0.3, -0.25) is 14.4 Å². The Kier molecular flexibility index (Phi) is 8.41. The van der Waals surface area contributed by atoms with E-state index in [4.69, 9.17) is 5.73 Å². The summed E-state index contributed by atoms with van der Waals surface area (Å²) in [6.07, 6.45) is 6.33. The number of hydrogen-bond donors (Lipinski definition) is 2. The predicted molar refractivity (Wildman–Crippen MR) is 140 cm³/mol. The molecule has 1 spiro atoms. The van der Waals surface area contributed by atoms with Crippen LogP contribution in [0.5, 0.6) is 0 Å². The van der Waals surface area contributed by atoms with Crippen LogP contribution in [0.1, 0.15) is 48.8 Å². The topological polar surface area (TPSA) is 95.7 Å². The number of nitrogens with two attached hydrogens (primary N) is 1. The highest BCUT2D eigenvalue weighted by atomic mass is 16.2. The van der Waals surface area contributed by atoms with Crippen molar-refractivity contribution in [1.29, 1.82) is 0 Å². The quantitative estimate of drug-likeness (QED) is 0.564. The number of nitrogens with zero attached hydrogens (tertiary/aromatic N) is 2. The molecule has 0 saturated carbocycles. The fourth-order valence-electron chi connectivity index (χ4n) is 5.77. The van der Waals surface area contributed by atoms with Crippen molar-refractivity contribution < 1.29 is 14.4 Å². The van der Waals surface area contributed by atoms with Gasteiger partial charge in [0.05, 0.1) is 13.1 Å². The van der Waals surface area contributed by atoms with Crippen LogP contribution < -0.4 is 11.1 Å². The number of piperidine rings is 1. The monoisotopic (exact) mass is 490 g/mol. The lowest BCUT2D eigenvalue weighted by Gasteiger charge is -2.41. The van der Waals surface area contributed by atoms with Crippen LogP contribution in [0.15, 0.2) is 54.6 Å². The molecule has 7 nitrogen and oxygen atoms in total. The van der Waals surface area contributed by atoms with Gasteiger partial charge in [-0.2, -0.15) is 0 Å². The Hall–Kier alpha value is -3.19. The van der Waals surface area contributed by atoms with Crippen molar-refractivity contribution in [2.75, 3.05) is 33.2 Å². The molecular formula is C29H38N4O3. The van der Waals surface area contributed by atoms with Crippen LogP contribution in [0.25, 0.3) is 0 Å². The summed E-state index contributed by atoms with van der Waals surface area (Å²) in [5.74, 6) is -0.670. The van der Waals surface area contributed by atoms with Crippen molar-refractivity contribution in [2.45, 2.75) is 56.4 Å². The SMILES string of the molecule is CN(CC(=O)N[C@H](CCCc1ccccc1)C(=O)N1CCC2(CCc3ccccc32)CC1)C(=O)CN. The standard InChI is InChI=1S/C29H38N4O3/c1-32(27(35)20-30)21-26(34)31-25(13-7-10-22-8-3-2-4-9-22)28(36)33-18-16-29(17-19-33)15-14-23-11-5-6-12-24(23)29/h2-6,8-9,11-12,25H,7,10,13-21,30H2,1H3,(H,31,34)/t25-/m1/s1. The molecule has 1 saturated heterocycles. The number of likely N-dealkylation sites (N-methyl/N-ethyl adjacent to an activating group) is 1. The highest BCUT2D eigenvalue weighted by Gasteiger charge is 2.42. The third kappa shape index (κ3) is 5.95. The molecule has 2 aromatic carbocycles. The smallest absolute Gasteiger partial charge is 0.245 e. The molecule has 36 heavy (non-hydrogen) atoms. The van der Waals surface area contributed by atoms with E-state index in [1.807, 2.05) is 23.1 Å². The van der Waals surface area contributed by atoms with E-state index in [9.17, 15) is 14.4 Å². The Morgan fingerprint density at radius 3 is 2.44 bits per heavy atom. The van der Waals surface area contributed by atoms with Gasteiger partial charge in [-0.15, -0.1) is 0 Å². The van der Waals surface area contributed by atoms with E-state index in [0.29, 0.717) is 19.5 Å². The van der Waals surface area contributed by atoms with Gasteiger partial charge in [0, 0.05) is 20.1 Å². The maximum absolute atomic E-state index is 13.6. The van der Waals surface area contributed by atoms with Crippen molar-refractivity contribution in [3.63, 3.8) is 0 Å². The van der Waals surface area contributed by atoms with E-state index < -0.39 is 6.04 Å². The molecule has 7 heteroatoms. The van der Waals surface area contributed by atoms with Crippen molar-refractivity contribution in [3.05, 3.63) is 71.3 Å². The Bertz CT molecular complexity index is 1060. The van der Waals surface area contributed by atoms with E-state index in [0.717, 1.165) is 38.5 Å². The normalized spacial score (nSPS) is 16.9. The lowest BCUT2D eigenvalue weighted by Crippen LogP contribution is -2.54. The molecule has 0 bridgehead atoms. The molecule has 1 atom stereocenters. The Morgan fingerprint density at radius 1 is 1.03 bits per heavy atom. The number of likely N-dealkylation sites (tertiary alicyclic amines) is 1. The summed E-state index contributed by atoms with van der Waals surface area (Å²) < 4.78 is 0. The number of benzene rings is 2. The van der Waals surface area contributed by atoms with Crippen molar-refractivity contribution in [1.82, 2.24) is 15.1 Å². The third-order valence-corrected chi connectivity index (χ3v) is 7.91. The lowest BCUT2D eigenvalue weighted by atomic mass is 9.74. The van der Waals surface area contributed by atoms with Gasteiger partial charge in [0.15, 0.2) is 0 Å². The second-order valence-electron chi connectivity index (χ2n) is 10.2. The number of fused-ring (bicyclic) bond motifs is 2. The van der Waals surface area contributed by atoms with Gasteiger partial charge >= 0.3 is 0 Å². The first kappa shape index (κ1) is 25.9. The van der Waals surface area contributed by atoms with Gasteiger partial charge in [0.2, 0.25) is 17.7 Å². The average molecular weight is 491 g/mol. The van der Waals surface area contributed by atoms with Gasteiger partial charge in [-0.05, 0) is 67.1 Å². The number of rotatable bonds is 9. The summed E-state index contributed by atoms with van der Waals surface area (Å²) in [4.78, 5) is 41.4. The van der Waals surface area contributed by atoms with Gasteiger partial charge in [-0.25, -0.2) is 0 Å². The minimum Gasteiger partial charge on any atom is -0.343 e. The molecule has 2 aromatic rings. The maximum atomic E-state index is 13.6. The molecule has 2 aliphatic rings. The molecule has 0 unspecified atom stereocenters. The first-order valence-corrected chi connectivity index (χ1v) is 13.1. The molecular weight excluding hydrogens is 452 g/mol. The molecule has 4 rings (SSSR count). The van der Waals surface area contributed by atoms with Crippen LogP contribution >= 0.6 is 0 Å². The van der Waals surface area contributed by atoms with Gasteiger partial charge < -0.3 is 20.9 Å². The average Bonchev–Trinajstić information content (AvgIpc) is 3.26. The molecule has 1 aliphatic carbocycles. The van der Waals surface area contributed by atoms with Crippen LogP contribution in [0.2, 0.25) is 0 Å². The Balaban J connectivity index is 1.39. The largest absolute Gasteiger partial charge is 0.343 e. The summed E-state index contributed by atoms with van der Waals surface area (Å²) >= 11 is 0. The first-order valence-electron chi connectivity index (χ1n) is 13.1. The molecule has 3 amide bonds. The lowest BCUT2D eigenvalue weighted by molar-refractivity contribution is -0.139. The number of carbonyl (C=O) groups is 3. The maximum Gasteiger partial charge on any atom is 0.245 e. The van der Waals surface area contributed by atoms with Crippen molar-refractivity contribution >= 4 is 17.7 Å². The minimum absolute atomic E-state index is 0.0228. The summed E-state index contributed by atoms with van der Waals surface area (Å²) in [5, 5.41) is 2.92. The predicted octanol–water partition coefficient (Wildman–Crippen LogP) is 2.42. The highest BCUT2D eigenvalue weighted by molar-refractivity contribution is 5.90. The number of hydrogen-bond acceptors (Lipinski definition) is 4. The number of carbonyl (C=O) groups excluding carboxylic acids is 3. The number of nitrogens with one attached hydrogen (secondary N) is 1. The van der Waals surface area contributed by atoms with Crippen molar-refractivity contribution in [2.24, 2.45) is 5.73 Å². The molecule has 1 fully saturated rings. The van der Waals surface area contributed by atoms with E-state index in [-0.39, 0.29) is 36.2 Å². The second kappa shape index (κ2) is 11.7. The van der Waals surface area contributed by atoms with Crippen LogP contribution in [0, 0.1) is 0 Å². The van der Waals surface area contributed by atoms with Crippen LogP contribution in [0.3, 0.4) is 0 Å². The fraction of sp³-hybridized carbons (Fsp3) is 0.483. The molecule has 0 radical (unpaired) electrons. The number of aryl methyl sites for hydroxylation is 2. The number of amides is 3. The van der Waals surface area contributed by atoms with Gasteiger partial charge in [0.25, 0.3) is 0 Å². The molecule has 1 heterocycles. The zero-order chi connectivity index (χ0) is 25.5. The highest BCUT2D eigenvalue weighted by Crippen LogP contribution is 2.46. The zero-order valence-electron chi connectivity index (χ0n) is 21.2. The van der Waals surface area contributed by atoms with Crippen LogP contribution in [0.4, 0.5) is 0 Å². The third-order valence-electron chi connectivity index (χ3n) is 7.91. The van der Waals surface area contributed by atoms with Gasteiger partial charge in [0.1, 0.15) is 6.04 Å². The fourth-order valence-corrected chi connectivity index (χ4v) is 5.77. The summed E-state index contributed by atoms with van der Waals surface area (Å²) in [7, 11) is 1.55. The summed E-state index contributed by atoms with van der Waals surface area (Å²) in [6, 6.07) is 18.3.